The van der Waals surface area contributed by atoms with Crippen molar-refractivity contribution in [2.24, 2.45) is 5.92 Å². The van der Waals surface area contributed by atoms with E-state index in [9.17, 15) is 4.79 Å². The predicted octanol–water partition coefficient (Wildman–Crippen LogP) is 0.407. The van der Waals surface area contributed by atoms with Crippen LogP contribution in [0.25, 0.3) is 0 Å². The van der Waals surface area contributed by atoms with Crippen molar-refractivity contribution in [2.75, 3.05) is 34.0 Å². The molecule has 0 radical (unpaired) electrons. The molecule has 1 aliphatic carbocycles. The molecule has 1 saturated carbocycles. The van der Waals surface area contributed by atoms with Gasteiger partial charge in [-0.05, 0) is 18.8 Å². The van der Waals surface area contributed by atoms with Gasteiger partial charge in [0.05, 0.1) is 12.3 Å². The summed E-state index contributed by atoms with van der Waals surface area (Å²) in [5.41, 5.74) is 2.04. The summed E-state index contributed by atoms with van der Waals surface area (Å²) in [6.45, 7) is 2.14. The normalized spacial score (nSPS) is 21.4. The van der Waals surface area contributed by atoms with E-state index in [2.05, 4.69) is 10.3 Å². The Morgan fingerprint density at radius 1 is 1.33 bits per heavy atom. The van der Waals surface area contributed by atoms with Crippen LogP contribution in [0.3, 0.4) is 0 Å². The molecule has 0 spiro atoms. The summed E-state index contributed by atoms with van der Waals surface area (Å²) in [5, 5.41) is 8.62. The predicted molar refractivity (Wildman–Crippen MR) is 74.7 cm³/mol. The molecule has 1 aromatic heterocycles. The Balaban J connectivity index is 1.82. The lowest BCUT2D eigenvalue weighted by molar-refractivity contribution is -0.139. The third kappa shape index (κ3) is 2.94. The Bertz CT molecular complexity index is 512. The Morgan fingerprint density at radius 3 is 2.81 bits per heavy atom. The highest BCUT2D eigenvalue weighted by atomic mass is 16.5. The van der Waals surface area contributed by atoms with E-state index in [0.29, 0.717) is 13.2 Å². The van der Waals surface area contributed by atoms with Crippen LogP contribution in [0.15, 0.2) is 0 Å². The molecule has 7 nitrogen and oxygen atoms in total. The van der Waals surface area contributed by atoms with Crippen LogP contribution in [0, 0.1) is 5.92 Å². The lowest BCUT2D eigenvalue weighted by Gasteiger charge is -2.34. The van der Waals surface area contributed by atoms with Gasteiger partial charge in [0.15, 0.2) is 0 Å². The fraction of sp³-hybridized carbons (Fsp3) is 0.786. The minimum absolute atomic E-state index is 0.0260. The molecule has 21 heavy (non-hydrogen) atoms. The van der Waals surface area contributed by atoms with Gasteiger partial charge in [0.25, 0.3) is 0 Å². The van der Waals surface area contributed by atoms with Crippen molar-refractivity contribution in [3.8, 4) is 0 Å². The number of rotatable bonds is 6. The lowest BCUT2D eigenvalue weighted by Crippen LogP contribution is -2.44. The standard InChI is InChI=1S/C14H22N4O3/c1-20-8-12-14-11(5-6-17(12)13(19)9-21-2)18(16-15-14)7-10-3-4-10/h10,12H,3-9H2,1-2H3/t12-/m0/s1. The zero-order chi connectivity index (χ0) is 14.8. The Kier molecular flexibility index (Phi) is 4.21. The third-order valence-electron chi connectivity index (χ3n) is 4.19. The molecule has 0 unspecified atom stereocenters. The highest BCUT2D eigenvalue weighted by Crippen LogP contribution is 2.33. The van der Waals surface area contributed by atoms with E-state index in [0.717, 1.165) is 30.3 Å². The molecule has 2 aliphatic rings. The van der Waals surface area contributed by atoms with Gasteiger partial charge in [-0.2, -0.15) is 0 Å². The number of carbonyl (C=O) groups excluding carboxylic acids is 1. The summed E-state index contributed by atoms with van der Waals surface area (Å²) in [6.07, 6.45) is 3.37. The molecule has 1 aromatic rings. The maximum absolute atomic E-state index is 12.2. The summed E-state index contributed by atoms with van der Waals surface area (Å²) >= 11 is 0. The second kappa shape index (κ2) is 6.11. The van der Waals surface area contributed by atoms with Crippen LogP contribution >= 0.6 is 0 Å². The molecule has 0 N–H and O–H groups in total. The number of nitrogens with zero attached hydrogens (tertiary/aromatic N) is 4. The number of carbonyl (C=O) groups is 1. The maximum Gasteiger partial charge on any atom is 0.249 e. The minimum atomic E-state index is -0.158. The highest BCUT2D eigenvalue weighted by molar-refractivity contribution is 5.78. The van der Waals surface area contributed by atoms with Crippen molar-refractivity contribution in [3.63, 3.8) is 0 Å². The van der Waals surface area contributed by atoms with Gasteiger partial charge in [-0.1, -0.05) is 5.21 Å². The van der Waals surface area contributed by atoms with Crippen LogP contribution in [0.4, 0.5) is 0 Å². The summed E-state index contributed by atoms with van der Waals surface area (Å²) < 4.78 is 12.3. The zero-order valence-corrected chi connectivity index (χ0v) is 12.6. The van der Waals surface area contributed by atoms with E-state index in [1.807, 2.05) is 4.68 Å². The van der Waals surface area contributed by atoms with E-state index in [4.69, 9.17) is 9.47 Å². The number of aromatic nitrogens is 3. The molecule has 116 valence electrons. The van der Waals surface area contributed by atoms with Crippen molar-refractivity contribution >= 4 is 5.91 Å². The van der Waals surface area contributed by atoms with E-state index < -0.39 is 0 Å². The quantitative estimate of drug-likeness (QED) is 0.760. The van der Waals surface area contributed by atoms with E-state index in [1.54, 1.807) is 12.0 Å². The molecule has 0 bridgehead atoms. The van der Waals surface area contributed by atoms with Crippen LogP contribution in [0.5, 0.6) is 0 Å². The summed E-state index contributed by atoms with van der Waals surface area (Å²) in [6, 6.07) is -0.158. The molecule has 1 atom stereocenters. The second-order valence-corrected chi connectivity index (χ2v) is 5.79. The topological polar surface area (TPSA) is 69.5 Å². The number of ether oxygens (including phenoxy) is 2. The third-order valence-corrected chi connectivity index (χ3v) is 4.19. The lowest BCUT2D eigenvalue weighted by atomic mass is 10.0. The molecular weight excluding hydrogens is 272 g/mol. The highest BCUT2D eigenvalue weighted by Gasteiger charge is 2.35. The van der Waals surface area contributed by atoms with Crippen LogP contribution in [0.1, 0.15) is 30.3 Å². The van der Waals surface area contributed by atoms with Crippen LogP contribution in [-0.4, -0.2) is 59.8 Å². The minimum Gasteiger partial charge on any atom is -0.382 e. The number of fused-ring (bicyclic) bond motifs is 1. The van der Waals surface area contributed by atoms with Gasteiger partial charge in [0, 0.05) is 33.7 Å². The number of methoxy groups -OCH3 is 2. The van der Waals surface area contributed by atoms with Gasteiger partial charge in [-0.15, -0.1) is 5.10 Å². The molecule has 0 aromatic carbocycles. The van der Waals surface area contributed by atoms with Crippen molar-refractivity contribution in [3.05, 3.63) is 11.4 Å². The van der Waals surface area contributed by atoms with Gasteiger partial charge < -0.3 is 14.4 Å². The zero-order valence-electron chi connectivity index (χ0n) is 12.6. The molecule has 1 amide bonds. The smallest absolute Gasteiger partial charge is 0.249 e. The molecule has 1 aliphatic heterocycles. The summed E-state index contributed by atoms with van der Waals surface area (Å²) in [5.74, 6) is 0.728. The van der Waals surface area contributed by atoms with Gasteiger partial charge in [-0.25, -0.2) is 4.68 Å². The first-order valence-electron chi connectivity index (χ1n) is 7.44. The first-order valence-corrected chi connectivity index (χ1v) is 7.44. The number of hydrogen-bond donors (Lipinski definition) is 0. The fourth-order valence-electron chi connectivity index (χ4n) is 2.92. The largest absolute Gasteiger partial charge is 0.382 e. The molecule has 3 rings (SSSR count). The molecular formula is C14H22N4O3. The Labute approximate surface area is 124 Å². The van der Waals surface area contributed by atoms with Gasteiger partial charge in [-0.3, -0.25) is 4.79 Å². The van der Waals surface area contributed by atoms with Crippen LogP contribution < -0.4 is 0 Å². The monoisotopic (exact) mass is 294 g/mol. The van der Waals surface area contributed by atoms with E-state index in [1.165, 1.54) is 20.0 Å². The number of hydrogen-bond acceptors (Lipinski definition) is 5. The van der Waals surface area contributed by atoms with Crippen molar-refractivity contribution < 1.29 is 14.3 Å². The van der Waals surface area contributed by atoms with E-state index >= 15 is 0 Å². The number of amides is 1. The molecule has 0 saturated heterocycles. The van der Waals surface area contributed by atoms with Gasteiger partial charge in [0.1, 0.15) is 18.3 Å². The summed E-state index contributed by atoms with van der Waals surface area (Å²) in [4.78, 5) is 14.0. The molecule has 2 heterocycles. The fourth-order valence-corrected chi connectivity index (χ4v) is 2.92. The van der Waals surface area contributed by atoms with Crippen LogP contribution in [-0.2, 0) is 27.2 Å². The van der Waals surface area contributed by atoms with Gasteiger partial charge in [0.2, 0.25) is 5.91 Å². The Morgan fingerprint density at radius 2 is 2.14 bits per heavy atom. The SMILES string of the molecule is COCC(=O)N1CCc2c(nnn2CC2CC2)[C@@H]1COC. The average molecular weight is 294 g/mol. The van der Waals surface area contributed by atoms with Crippen molar-refractivity contribution in [1.82, 2.24) is 19.9 Å². The van der Waals surface area contributed by atoms with Gasteiger partial charge >= 0.3 is 0 Å². The second-order valence-electron chi connectivity index (χ2n) is 5.79. The summed E-state index contributed by atoms with van der Waals surface area (Å²) in [7, 11) is 3.17. The van der Waals surface area contributed by atoms with E-state index in [-0.39, 0.29) is 18.6 Å². The Hall–Kier alpha value is -1.47. The van der Waals surface area contributed by atoms with Crippen molar-refractivity contribution in [1.29, 1.82) is 0 Å². The molecule has 7 heteroatoms. The first kappa shape index (κ1) is 14.5. The van der Waals surface area contributed by atoms with Crippen molar-refractivity contribution in [2.45, 2.75) is 31.8 Å². The molecule has 1 fully saturated rings. The average Bonchev–Trinajstić information content (AvgIpc) is 3.19. The first-order chi connectivity index (χ1) is 10.2. The van der Waals surface area contributed by atoms with Crippen LogP contribution in [0.2, 0.25) is 0 Å². The maximum atomic E-state index is 12.2.